The molecule has 1 fully saturated rings. The quantitative estimate of drug-likeness (QED) is 0.745. The van der Waals surface area contributed by atoms with Gasteiger partial charge < -0.3 is 10.6 Å². The van der Waals surface area contributed by atoms with Crippen molar-refractivity contribution in [2.45, 2.75) is 26.3 Å². The highest BCUT2D eigenvalue weighted by atomic mass is 127. The molecule has 5 heteroatoms. The van der Waals surface area contributed by atoms with Crippen LogP contribution < -0.4 is 5.73 Å². The van der Waals surface area contributed by atoms with Gasteiger partial charge in [-0.25, -0.2) is 0 Å². The number of rotatable bonds is 1. The number of nitrogens with zero attached hydrogens (tertiary/aromatic N) is 1. The fraction of sp³-hybridized carbons (Fsp3) is 0.500. The smallest absolute Gasteiger partial charge is 0.253 e. The lowest BCUT2D eigenvalue weighted by atomic mass is 9.79. The number of nitrogens with two attached hydrogens (primary N) is 1. The van der Waals surface area contributed by atoms with Gasteiger partial charge in [0.25, 0.3) is 5.91 Å². The van der Waals surface area contributed by atoms with Crippen LogP contribution in [0.5, 0.6) is 0 Å². The number of benzene rings is 1. The zero-order chi connectivity index (χ0) is 13.3. The van der Waals surface area contributed by atoms with Crippen LogP contribution in [0.15, 0.2) is 24.3 Å². The third kappa shape index (κ3) is 3.83. The van der Waals surface area contributed by atoms with Crippen LogP contribution in [-0.4, -0.2) is 29.9 Å². The molecular formula is C14H20ClIN2O. The molecule has 0 radical (unpaired) electrons. The van der Waals surface area contributed by atoms with Gasteiger partial charge in [-0.2, -0.15) is 0 Å². The minimum atomic E-state index is -0.00286. The molecule has 19 heavy (non-hydrogen) atoms. The molecule has 1 unspecified atom stereocenters. The Bertz CT molecular complexity index is 447. The number of likely N-dealkylation sites (tertiary alicyclic amines) is 1. The topological polar surface area (TPSA) is 46.3 Å². The highest BCUT2D eigenvalue weighted by Gasteiger charge is 2.35. The van der Waals surface area contributed by atoms with Crippen LogP contribution in [0.3, 0.4) is 0 Å². The third-order valence-corrected chi connectivity index (χ3v) is 4.41. The second-order valence-corrected chi connectivity index (χ2v) is 6.86. The van der Waals surface area contributed by atoms with E-state index < -0.39 is 0 Å². The summed E-state index contributed by atoms with van der Waals surface area (Å²) in [5.74, 6) is 0.117. The number of halogens is 2. The van der Waals surface area contributed by atoms with E-state index >= 15 is 0 Å². The summed E-state index contributed by atoms with van der Waals surface area (Å²) in [7, 11) is 0. The minimum absolute atomic E-state index is 0. The molecule has 2 rings (SSSR count). The predicted octanol–water partition coefficient (Wildman–Crippen LogP) is 2.91. The molecule has 3 nitrogen and oxygen atoms in total. The molecule has 1 amide bonds. The van der Waals surface area contributed by atoms with Crippen LogP contribution in [0.4, 0.5) is 0 Å². The summed E-state index contributed by atoms with van der Waals surface area (Å²) in [6, 6.07) is 7.90. The number of piperidine rings is 1. The van der Waals surface area contributed by atoms with E-state index in [1.165, 1.54) is 0 Å². The van der Waals surface area contributed by atoms with E-state index in [1.54, 1.807) is 0 Å². The lowest BCUT2D eigenvalue weighted by Crippen LogP contribution is -2.53. The molecule has 106 valence electrons. The van der Waals surface area contributed by atoms with Crippen molar-refractivity contribution in [1.29, 1.82) is 0 Å². The molecule has 0 bridgehead atoms. The number of hydrogen-bond acceptors (Lipinski definition) is 2. The zero-order valence-corrected chi connectivity index (χ0v) is 14.2. The number of carbonyl (C=O) groups excluding carboxylic acids is 1. The van der Waals surface area contributed by atoms with Gasteiger partial charge in [-0.1, -0.05) is 13.8 Å². The highest BCUT2D eigenvalue weighted by Crippen LogP contribution is 2.28. The fourth-order valence-electron chi connectivity index (χ4n) is 2.32. The summed E-state index contributed by atoms with van der Waals surface area (Å²) in [6.45, 7) is 5.75. The van der Waals surface area contributed by atoms with Gasteiger partial charge in [0.1, 0.15) is 0 Å². The average Bonchev–Trinajstić information content (AvgIpc) is 2.33. The SMILES string of the molecule is CC1(C)CN(C(=O)c2ccc(I)cc2)CCC1N.Cl. The Morgan fingerprint density at radius 1 is 1.37 bits per heavy atom. The van der Waals surface area contributed by atoms with Gasteiger partial charge in [0.2, 0.25) is 0 Å². The standard InChI is InChI=1S/C14H19IN2O.ClH/c1-14(2)9-17(8-7-12(14)16)13(18)10-3-5-11(15)6-4-10;/h3-6,12H,7-9,16H2,1-2H3;1H. The molecule has 2 N–H and O–H groups in total. The molecule has 1 aliphatic heterocycles. The summed E-state index contributed by atoms with van der Waals surface area (Å²) < 4.78 is 1.14. The molecule has 1 aromatic rings. The van der Waals surface area contributed by atoms with Gasteiger partial charge in [-0.05, 0) is 58.7 Å². The van der Waals surface area contributed by atoms with E-state index in [1.807, 2.05) is 29.2 Å². The first kappa shape index (κ1) is 16.7. The molecular weight excluding hydrogens is 375 g/mol. The van der Waals surface area contributed by atoms with E-state index in [4.69, 9.17) is 5.73 Å². The van der Waals surface area contributed by atoms with Crippen LogP contribution >= 0.6 is 35.0 Å². The van der Waals surface area contributed by atoms with Crippen molar-refractivity contribution in [3.05, 3.63) is 33.4 Å². The zero-order valence-electron chi connectivity index (χ0n) is 11.2. The normalized spacial score (nSPS) is 21.7. The maximum absolute atomic E-state index is 12.4. The Kier molecular flexibility index (Phi) is 5.65. The first-order chi connectivity index (χ1) is 8.40. The highest BCUT2D eigenvalue weighted by molar-refractivity contribution is 14.1. The molecule has 0 saturated carbocycles. The van der Waals surface area contributed by atoms with Crippen molar-refractivity contribution in [1.82, 2.24) is 4.90 Å². The van der Waals surface area contributed by atoms with Crippen molar-refractivity contribution in [3.63, 3.8) is 0 Å². The van der Waals surface area contributed by atoms with Gasteiger partial charge in [-0.3, -0.25) is 4.79 Å². The largest absolute Gasteiger partial charge is 0.338 e. The van der Waals surface area contributed by atoms with E-state index in [0.717, 1.165) is 28.6 Å². The van der Waals surface area contributed by atoms with Gasteiger partial charge >= 0.3 is 0 Å². The van der Waals surface area contributed by atoms with Gasteiger partial charge in [0.15, 0.2) is 0 Å². The molecule has 0 spiro atoms. The molecule has 1 heterocycles. The summed E-state index contributed by atoms with van der Waals surface area (Å²) in [4.78, 5) is 14.3. The Hall–Kier alpha value is -0.330. The summed E-state index contributed by atoms with van der Waals surface area (Å²) in [5, 5.41) is 0. The maximum atomic E-state index is 12.4. The van der Waals surface area contributed by atoms with E-state index in [0.29, 0.717) is 0 Å². The monoisotopic (exact) mass is 394 g/mol. The van der Waals surface area contributed by atoms with Crippen LogP contribution in [0.25, 0.3) is 0 Å². The first-order valence-corrected chi connectivity index (χ1v) is 7.28. The molecule has 1 atom stereocenters. The third-order valence-electron chi connectivity index (χ3n) is 3.69. The van der Waals surface area contributed by atoms with Crippen LogP contribution in [-0.2, 0) is 0 Å². The van der Waals surface area contributed by atoms with Crippen molar-refractivity contribution >= 4 is 40.9 Å². The molecule has 0 aromatic heterocycles. The Morgan fingerprint density at radius 3 is 2.47 bits per heavy atom. The van der Waals surface area contributed by atoms with E-state index in [9.17, 15) is 4.79 Å². The van der Waals surface area contributed by atoms with Gasteiger partial charge in [-0.15, -0.1) is 12.4 Å². The molecule has 0 aliphatic carbocycles. The van der Waals surface area contributed by atoms with E-state index in [2.05, 4.69) is 36.4 Å². The summed E-state index contributed by atoms with van der Waals surface area (Å²) >= 11 is 2.24. The lowest BCUT2D eigenvalue weighted by molar-refractivity contribution is 0.0533. The second kappa shape index (κ2) is 6.41. The van der Waals surface area contributed by atoms with Crippen LogP contribution in [0.1, 0.15) is 30.6 Å². The summed E-state index contributed by atoms with van der Waals surface area (Å²) in [6.07, 6.45) is 0.878. The second-order valence-electron chi connectivity index (χ2n) is 5.62. The van der Waals surface area contributed by atoms with Gasteiger partial charge in [0.05, 0.1) is 0 Å². The number of amides is 1. The number of carbonyl (C=O) groups is 1. The minimum Gasteiger partial charge on any atom is -0.338 e. The maximum Gasteiger partial charge on any atom is 0.253 e. The van der Waals surface area contributed by atoms with Crippen molar-refractivity contribution in [3.8, 4) is 0 Å². The predicted molar refractivity (Wildman–Crippen MR) is 88.7 cm³/mol. The average molecular weight is 395 g/mol. The van der Waals surface area contributed by atoms with Crippen molar-refractivity contribution in [2.24, 2.45) is 11.1 Å². The molecule has 1 saturated heterocycles. The summed E-state index contributed by atoms with van der Waals surface area (Å²) in [5.41, 5.74) is 6.86. The fourth-order valence-corrected chi connectivity index (χ4v) is 2.68. The Balaban J connectivity index is 0.00000180. The van der Waals surface area contributed by atoms with Crippen LogP contribution in [0.2, 0.25) is 0 Å². The van der Waals surface area contributed by atoms with Crippen molar-refractivity contribution in [2.75, 3.05) is 13.1 Å². The Morgan fingerprint density at radius 2 is 1.95 bits per heavy atom. The van der Waals surface area contributed by atoms with Crippen molar-refractivity contribution < 1.29 is 4.79 Å². The first-order valence-electron chi connectivity index (χ1n) is 6.20. The van der Waals surface area contributed by atoms with Crippen LogP contribution in [0, 0.1) is 8.99 Å². The molecule has 1 aliphatic rings. The molecule has 1 aromatic carbocycles. The van der Waals surface area contributed by atoms with E-state index in [-0.39, 0.29) is 29.8 Å². The Labute approximate surface area is 134 Å². The number of hydrogen-bond donors (Lipinski definition) is 1. The lowest BCUT2D eigenvalue weighted by Gasteiger charge is -2.42. The van der Waals surface area contributed by atoms with Gasteiger partial charge in [0, 0.05) is 28.3 Å².